The Bertz CT molecular complexity index is 731. The summed E-state index contributed by atoms with van der Waals surface area (Å²) >= 11 is 0. The minimum absolute atomic E-state index is 0.0464. The van der Waals surface area contributed by atoms with Gasteiger partial charge in [0.05, 0.1) is 0 Å². The summed E-state index contributed by atoms with van der Waals surface area (Å²) in [6.45, 7) is 3.32. The van der Waals surface area contributed by atoms with Crippen molar-refractivity contribution in [2.45, 2.75) is 38.6 Å². The maximum absolute atomic E-state index is 12.7. The first-order valence-corrected chi connectivity index (χ1v) is 10.0. The number of nitrogens with one attached hydrogen (secondary N) is 1. The number of amides is 1. The highest BCUT2D eigenvalue weighted by Crippen LogP contribution is 2.30. The fourth-order valence-electron chi connectivity index (χ4n) is 3.63. The van der Waals surface area contributed by atoms with Gasteiger partial charge in [-0.25, -0.2) is 4.98 Å². The van der Waals surface area contributed by atoms with E-state index in [0.717, 1.165) is 18.7 Å². The van der Waals surface area contributed by atoms with Crippen molar-refractivity contribution in [2.24, 2.45) is 5.92 Å². The van der Waals surface area contributed by atoms with Crippen LogP contribution in [0, 0.1) is 12.8 Å². The SMILES string of the molecule is Cc1nc(CCC(=O)N2C[C@H]3CC[C@@H]2CN(S(=O)(=O)N(C)C)C3)n[nH]1. The molecule has 0 unspecified atom stereocenters. The molecule has 2 bridgehead atoms. The molecule has 2 atom stereocenters. The van der Waals surface area contributed by atoms with Crippen molar-refractivity contribution in [2.75, 3.05) is 33.7 Å². The normalized spacial score (nSPS) is 24.7. The lowest BCUT2D eigenvalue weighted by atomic mass is 9.94. The van der Waals surface area contributed by atoms with Gasteiger partial charge in [-0.2, -0.15) is 22.1 Å². The van der Waals surface area contributed by atoms with Crippen LogP contribution in [0.4, 0.5) is 0 Å². The van der Waals surface area contributed by atoms with Crippen LogP contribution in [0.15, 0.2) is 0 Å². The lowest BCUT2D eigenvalue weighted by Gasteiger charge is -2.36. The summed E-state index contributed by atoms with van der Waals surface area (Å²) in [6.07, 6.45) is 2.67. The Morgan fingerprint density at radius 2 is 2.04 bits per heavy atom. The number of carbonyl (C=O) groups excluding carboxylic acids is 1. The smallest absolute Gasteiger partial charge is 0.281 e. The van der Waals surface area contributed by atoms with Crippen LogP contribution >= 0.6 is 0 Å². The summed E-state index contributed by atoms with van der Waals surface area (Å²) in [5.74, 6) is 1.63. The number of carbonyl (C=O) groups is 1. The largest absolute Gasteiger partial charge is 0.338 e. The summed E-state index contributed by atoms with van der Waals surface area (Å²) in [6, 6.07) is -0.0464. The van der Waals surface area contributed by atoms with E-state index in [0.29, 0.717) is 38.3 Å². The van der Waals surface area contributed by atoms with Crippen LogP contribution in [0.3, 0.4) is 0 Å². The van der Waals surface area contributed by atoms with Gasteiger partial charge >= 0.3 is 0 Å². The van der Waals surface area contributed by atoms with Gasteiger partial charge in [0, 0.05) is 52.6 Å². The molecule has 0 aliphatic carbocycles. The van der Waals surface area contributed by atoms with Gasteiger partial charge in [-0.05, 0) is 25.7 Å². The molecule has 4 heterocycles. The number of aryl methyl sites for hydroxylation is 2. The predicted octanol–water partition coefficient (Wildman–Crippen LogP) is -0.225. The molecule has 9 nitrogen and oxygen atoms in total. The Morgan fingerprint density at radius 1 is 1.28 bits per heavy atom. The average Bonchev–Trinajstić information content (AvgIpc) is 2.78. The Labute approximate surface area is 148 Å². The molecule has 4 rings (SSSR count). The van der Waals surface area contributed by atoms with Crippen LogP contribution in [0.5, 0.6) is 0 Å². The van der Waals surface area contributed by atoms with E-state index in [1.165, 1.54) is 8.61 Å². The van der Waals surface area contributed by atoms with Crippen molar-refractivity contribution in [3.63, 3.8) is 0 Å². The summed E-state index contributed by atoms with van der Waals surface area (Å²) in [5.41, 5.74) is 0. The molecule has 0 spiro atoms. The highest BCUT2D eigenvalue weighted by molar-refractivity contribution is 7.86. The van der Waals surface area contributed by atoms with Crippen LogP contribution in [-0.2, 0) is 21.4 Å². The van der Waals surface area contributed by atoms with E-state index in [1.807, 2.05) is 11.8 Å². The van der Waals surface area contributed by atoms with E-state index >= 15 is 0 Å². The Morgan fingerprint density at radius 3 is 2.68 bits per heavy atom. The second kappa shape index (κ2) is 7.00. The minimum atomic E-state index is -3.45. The molecule has 0 aromatic carbocycles. The number of fused-ring (bicyclic) bond motifs is 4. The summed E-state index contributed by atoms with van der Waals surface area (Å²) in [7, 11) is -0.355. The van der Waals surface area contributed by atoms with Crippen LogP contribution in [0.25, 0.3) is 0 Å². The van der Waals surface area contributed by atoms with Gasteiger partial charge in [0.15, 0.2) is 5.82 Å². The highest BCUT2D eigenvalue weighted by atomic mass is 32.2. The highest BCUT2D eigenvalue weighted by Gasteiger charge is 2.41. The molecule has 10 heteroatoms. The van der Waals surface area contributed by atoms with E-state index in [2.05, 4.69) is 15.2 Å². The molecule has 0 radical (unpaired) electrons. The molecule has 3 aliphatic rings. The lowest BCUT2D eigenvalue weighted by molar-refractivity contribution is -0.135. The number of H-pyrrole nitrogens is 1. The molecule has 1 aromatic heterocycles. The molecule has 0 saturated carbocycles. The summed E-state index contributed by atoms with van der Waals surface area (Å²) in [4.78, 5) is 18.8. The van der Waals surface area contributed by atoms with Gasteiger partial charge in [-0.15, -0.1) is 0 Å². The van der Waals surface area contributed by atoms with E-state index in [-0.39, 0.29) is 17.9 Å². The molecule has 25 heavy (non-hydrogen) atoms. The quantitative estimate of drug-likeness (QED) is 0.772. The molecule has 3 fully saturated rings. The predicted molar refractivity (Wildman–Crippen MR) is 91.8 cm³/mol. The van der Waals surface area contributed by atoms with Gasteiger partial charge in [0.1, 0.15) is 5.82 Å². The zero-order valence-corrected chi connectivity index (χ0v) is 15.8. The second-order valence-electron chi connectivity index (χ2n) is 7.09. The molecule has 3 aliphatic heterocycles. The van der Waals surface area contributed by atoms with Crippen LogP contribution in [-0.4, -0.2) is 82.8 Å². The monoisotopic (exact) mass is 370 g/mol. The second-order valence-corrected chi connectivity index (χ2v) is 9.23. The third kappa shape index (κ3) is 3.85. The zero-order valence-electron chi connectivity index (χ0n) is 15.0. The Hall–Kier alpha value is -1.52. The minimum Gasteiger partial charge on any atom is -0.338 e. The van der Waals surface area contributed by atoms with Crippen molar-refractivity contribution in [1.29, 1.82) is 0 Å². The maximum atomic E-state index is 12.7. The van der Waals surface area contributed by atoms with Gasteiger partial charge in [0.25, 0.3) is 10.2 Å². The van der Waals surface area contributed by atoms with Crippen molar-refractivity contribution >= 4 is 16.1 Å². The molecule has 1 N–H and O–H groups in total. The van der Waals surface area contributed by atoms with Crippen molar-refractivity contribution in [1.82, 2.24) is 28.7 Å². The molecule has 140 valence electrons. The van der Waals surface area contributed by atoms with E-state index in [9.17, 15) is 13.2 Å². The van der Waals surface area contributed by atoms with Gasteiger partial charge in [-0.3, -0.25) is 9.89 Å². The standard InChI is InChI=1S/C15H26N6O3S/c1-11-16-14(18-17-11)6-7-15(22)21-9-12-4-5-13(21)10-20(8-12)25(23,24)19(2)3/h12-13H,4-10H2,1-3H3,(H,16,17,18)/t12-,13+/m0/s1. The molecule has 3 saturated heterocycles. The van der Waals surface area contributed by atoms with E-state index < -0.39 is 10.2 Å². The zero-order chi connectivity index (χ0) is 18.2. The number of aromatic nitrogens is 3. The first-order valence-electron chi connectivity index (χ1n) is 8.62. The molecular weight excluding hydrogens is 344 g/mol. The van der Waals surface area contributed by atoms with Crippen LogP contribution < -0.4 is 0 Å². The first-order chi connectivity index (χ1) is 11.8. The van der Waals surface area contributed by atoms with Gasteiger partial charge in [-0.1, -0.05) is 0 Å². The number of piperidine rings is 1. The van der Waals surface area contributed by atoms with E-state index in [4.69, 9.17) is 0 Å². The van der Waals surface area contributed by atoms with Crippen molar-refractivity contribution in [3.8, 4) is 0 Å². The van der Waals surface area contributed by atoms with Crippen molar-refractivity contribution in [3.05, 3.63) is 11.6 Å². The lowest BCUT2D eigenvalue weighted by Crippen LogP contribution is -2.48. The third-order valence-electron chi connectivity index (χ3n) is 4.99. The average molecular weight is 370 g/mol. The number of rotatable bonds is 5. The van der Waals surface area contributed by atoms with Crippen LogP contribution in [0.2, 0.25) is 0 Å². The summed E-state index contributed by atoms with van der Waals surface area (Å²) in [5, 5.41) is 6.84. The number of hydrogen-bond acceptors (Lipinski definition) is 5. The molecular formula is C15H26N6O3S. The topological polar surface area (TPSA) is 102 Å². The van der Waals surface area contributed by atoms with Gasteiger partial charge in [0.2, 0.25) is 5.91 Å². The number of nitrogens with zero attached hydrogens (tertiary/aromatic N) is 5. The molecule has 1 aromatic rings. The fourth-order valence-corrected chi connectivity index (χ4v) is 4.85. The first kappa shape index (κ1) is 18.3. The third-order valence-corrected chi connectivity index (χ3v) is 6.87. The van der Waals surface area contributed by atoms with E-state index in [1.54, 1.807) is 14.1 Å². The Balaban J connectivity index is 1.67. The van der Waals surface area contributed by atoms with Crippen LogP contribution in [0.1, 0.15) is 30.9 Å². The number of aromatic amines is 1. The Kier molecular flexibility index (Phi) is 5.12. The molecule has 1 amide bonds. The maximum Gasteiger partial charge on any atom is 0.281 e. The fraction of sp³-hybridized carbons (Fsp3) is 0.800. The summed E-state index contributed by atoms with van der Waals surface area (Å²) < 4.78 is 27.7. The van der Waals surface area contributed by atoms with Gasteiger partial charge < -0.3 is 4.90 Å². The number of hydrogen-bond donors (Lipinski definition) is 1. The van der Waals surface area contributed by atoms with Crippen molar-refractivity contribution < 1.29 is 13.2 Å².